The van der Waals surface area contributed by atoms with E-state index in [-0.39, 0.29) is 0 Å². The van der Waals surface area contributed by atoms with Gasteiger partial charge >= 0.3 is 5.97 Å². The average molecular weight is 352 g/mol. The third kappa shape index (κ3) is 8.13. The van der Waals surface area contributed by atoms with Crippen LogP contribution in [0.25, 0.3) is 0 Å². The molecule has 0 saturated heterocycles. The zero-order valence-electron chi connectivity index (χ0n) is 11.5. The Morgan fingerprint density at radius 2 is 1.61 bits per heavy atom. The molecule has 0 saturated carbocycles. The molecule has 0 fully saturated rings. The molecule has 1 aliphatic heterocycles. The van der Waals surface area contributed by atoms with Crippen molar-refractivity contribution in [1.29, 1.82) is 0 Å². The summed E-state index contributed by atoms with van der Waals surface area (Å²) in [5, 5.41) is 43.7. The lowest BCUT2D eigenvalue weighted by Gasteiger charge is -2.13. The Bertz CT molecular complexity index is 540. The lowest BCUT2D eigenvalue weighted by atomic mass is 10.2. The van der Waals surface area contributed by atoms with E-state index in [0.717, 1.165) is 0 Å². The molecule has 0 aromatic heterocycles. The number of carbonyl (C=O) groups is 1. The second kappa shape index (κ2) is 10.5. The summed E-state index contributed by atoms with van der Waals surface area (Å²) in [6, 6.07) is 8.71. The first-order valence-electron chi connectivity index (χ1n) is 5.86. The Balaban J connectivity index is 0.000000371. The van der Waals surface area contributed by atoms with Crippen molar-refractivity contribution in [2.45, 2.75) is 12.2 Å². The minimum absolute atomic E-state index is 0.322. The molecule has 1 aliphatic rings. The second-order valence-corrected chi connectivity index (χ2v) is 4.34. The molecule has 0 spiro atoms. The fourth-order valence-electron chi connectivity index (χ4n) is 1.25. The van der Waals surface area contributed by atoms with Gasteiger partial charge < -0.3 is 30.3 Å². The number of phenols is 1. The van der Waals surface area contributed by atoms with Crippen LogP contribution in [0, 0.1) is 0 Å². The summed E-state index contributed by atoms with van der Waals surface area (Å²) in [6.07, 6.45) is -2.78. The van der Waals surface area contributed by atoms with Crippen LogP contribution in [-0.4, -0.2) is 63.6 Å². The molecule has 1 heterocycles. The molecule has 0 bridgehead atoms. The van der Waals surface area contributed by atoms with Gasteiger partial charge in [0.1, 0.15) is 11.9 Å². The normalized spacial score (nSPS) is 17.6. The van der Waals surface area contributed by atoms with Crippen LogP contribution in [0.5, 0.6) is 5.75 Å². The third-order valence-electron chi connectivity index (χ3n) is 2.23. The molecule has 130 valence electrons. The number of hydrogen-bond donors (Lipinski definition) is 7. The van der Waals surface area contributed by atoms with Gasteiger partial charge in [-0.15, -0.1) is 0 Å². The highest BCUT2D eigenvalue weighted by atomic mass is 32.2. The lowest BCUT2D eigenvalue weighted by molar-refractivity contribution is -0.147. The molecule has 2 rings (SSSR count). The van der Waals surface area contributed by atoms with Crippen LogP contribution in [0.15, 0.2) is 41.9 Å². The maximum Gasteiger partial charge on any atom is 0.377 e. The van der Waals surface area contributed by atoms with E-state index < -0.39 is 47.7 Å². The number of rotatable bonds is 2. The van der Waals surface area contributed by atoms with Gasteiger partial charge in [0.2, 0.25) is 5.76 Å². The number of phenolic OH excluding ortho intramolecular Hbond substituents is 1. The van der Waals surface area contributed by atoms with Gasteiger partial charge in [0.05, 0.1) is 6.61 Å². The number of aliphatic hydroxyl groups excluding tert-OH is 4. The number of carbonyl (C=O) groups excluding carboxylic acids is 1. The summed E-state index contributed by atoms with van der Waals surface area (Å²) in [5.41, 5.74) is 0. The standard InChI is InChI=1S/C6H8O6.C6H6O.H2O3S/c7-1-2(8)5-3(9)4(10)6(11)12-5;7-6-4-2-1-3-5-6;1-4(2)3/h2,5,7-10H,1H2;1-5,7H;(H2,1,2,3)/t2-,5+;;/m0../s1. The van der Waals surface area contributed by atoms with Crippen LogP contribution < -0.4 is 0 Å². The van der Waals surface area contributed by atoms with Gasteiger partial charge in [-0.25, -0.2) is 4.79 Å². The van der Waals surface area contributed by atoms with Crippen molar-refractivity contribution in [3.8, 4) is 5.75 Å². The van der Waals surface area contributed by atoms with E-state index in [1.807, 2.05) is 6.07 Å². The fourth-order valence-corrected chi connectivity index (χ4v) is 1.25. The van der Waals surface area contributed by atoms with Crippen molar-refractivity contribution >= 4 is 17.3 Å². The largest absolute Gasteiger partial charge is 0.508 e. The predicted octanol–water partition coefficient (Wildman–Crippen LogP) is -0.334. The number of esters is 1. The van der Waals surface area contributed by atoms with Crippen molar-refractivity contribution in [3.05, 3.63) is 41.9 Å². The second-order valence-electron chi connectivity index (χ2n) is 3.88. The van der Waals surface area contributed by atoms with Crippen molar-refractivity contribution in [3.63, 3.8) is 0 Å². The lowest BCUT2D eigenvalue weighted by Crippen LogP contribution is -2.31. The zero-order chi connectivity index (χ0) is 18.0. The molecular weight excluding hydrogens is 336 g/mol. The van der Waals surface area contributed by atoms with Gasteiger partial charge in [-0.05, 0) is 12.1 Å². The summed E-state index contributed by atoms with van der Waals surface area (Å²) in [6.45, 7) is -0.671. The van der Waals surface area contributed by atoms with E-state index in [2.05, 4.69) is 4.74 Å². The Hall–Kier alpha value is -2.18. The van der Waals surface area contributed by atoms with Crippen molar-refractivity contribution in [2.75, 3.05) is 6.61 Å². The summed E-state index contributed by atoms with van der Waals surface area (Å²) in [5.74, 6) is -2.46. The fraction of sp³-hybridized carbons (Fsp3) is 0.250. The summed E-state index contributed by atoms with van der Waals surface area (Å²) in [4.78, 5) is 10.5. The topological polar surface area (TPSA) is 185 Å². The predicted molar refractivity (Wildman–Crippen MR) is 76.8 cm³/mol. The number of ether oxygens (including phenoxy) is 1. The van der Waals surface area contributed by atoms with E-state index in [0.29, 0.717) is 5.75 Å². The number of hydrogen-bond acceptors (Lipinski definition) is 8. The Morgan fingerprint density at radius 3 is 1.87 bits per heavy atom. The van der Waals surface area contributed by atoms with E-state index >= 15 is 0 Å². The van der Waals surface area contributed by atoms with Gasteiger partial charge in [0, 0.05) is 0 Å². The summed E-state index contributed by atoms with van der Waals surface area (Å²) < 4.78 is 27.1. The number of benzene rings is 1. The maximum absolute atomic E-state index is 10.5. The first-order chi connectivity index (χ1) is 10.7. The quantitative estimate of drug-likeness (QED) is 0.274. The highest BCUT2D eigenvalue weighted by Crippen LogP contribution is 2.20. The molecule has 11 heteroatoms. The van der Waals surface area contributed by atoms with Crippen molar-refractivity contribution < 1.29 is 48.4 Å². The Morgan fingerprint density at radius 1 is 1.13 bits per heavy atom. The number of aromatic hydroxyl groups is 1. The molecule has 7 N–H and O–H groups in total. The average Bonchev–Trinajstić information content (AvgIpc) is 2.75. The third-order valence-corrected chi connectivity index (χ3v) is 2.23. The van der Waals surface area contributed by atoms with Gasteiger partial charge in [0.25, 0.3) is 11.4 Å². The molecule has 0 radical (unpaired) electrons. The molecule has 2 atom stereocenters. The van der Waals surface area contributed by atoms with E-state index in [4.69, 9.17) is 38.8 Å². The van der Waals surface area contributed by atoms with Crippen LogP contribution in [-0.2, 0) is 20.9 Å². The monoisotopic (exact) mass is 352 g/mol. The van der Waals surface area contributed by atoms with Crippen LogP contribution in [0.1, 0.15) is 0 Å². The minimum atomic E-state index is -2.61. The smallest absolute Gasteiger partial charge is 0.377 e. The van der Waals surface area contributed by atoms with Crippen molar-refractivity contribution in [2.24, 2.45) is 0 Å². The molecule has 23 heavy (non-hydrogen) atoms. The molecular formula is C12H16O10S. The number of aliphatic hydroxyl groups is 4. The minimum Gasteiger partial charge on any atom is -0.508 e. The van der Waals surface area contributed by atoms with Crippen LogP contribution in [0.4, 0.5) is 0 Å². The van der Waals surface area contributed by atoms with Gasteiger partial charge in [0.15, 0.2) is 11.9 Å². The Labute approximate surface area is 133 Å². The first-order valence-corrected chi connectivity index (χ1v) is 6.93. The van der Waals surface area contributed by atoms with E-state index in [1.54, 1.807) is 24.3 Å². The molecule has 1 aromatic rings. The van der Waals surface area contributed by atoms with Crippen molar-refractivity contribution in [1.82, 2.24) is 0 Å². The van der Waals surface area contributed by atoms with Gasteiger partial charge in [-0.3, -0.25) is 9.11 Å². The summed E-state index contributed by atoms with van der Waals surface area (Å²) >= 11 is -2.61. The van der Waals surface area contributed by atoms with E-state index in [9.17, 15) is 4.79 Å². The van der Waals surface area contributed by atoms with Crippen LogP contribution in [0.3, 0.4) is 0 Å². The molecule has 0 amide bonds. The van der Waals surface area contributed by atoms with E-state index in [1.165, 1.54) is 0 Å². The molecule has 1 aromatic carbocycles. The van der Waals surface area contributed by atoms with Gasteiger partial charge in [-0.1, -0.05) is 18.2 Å². The van der Waals surface area contributed by atoms with Gasteiger partial charge in [-0.2, -0.15) is 4.21 Å². The summed E-state index contributed by atoms with van der Waals surface area (Å²) in [7, 11) is 0. The highest BCUT2D eigenvalue weighted by Gasteiger charge is 2.38. The molecule has 0 aliphatic carbocycles. The molecule has 10 nitrogen and oxygen atoms in total. The first kappa shape index (κ1) is 20.8. The highest BCUT2D eigenvalue weighted by molar-refractivity contribution is 7.73. The van der Waals surface area contributed by atoms with Crippen LogP contribution >= 0.6 is 0 Å². The molecule has 0 unspecified atom stereocenters. The zero-order valence-corrected chi connectivity index (χ0v) is 12.3. The SMILES string of the molecule is O=C1O[C@H]([C@@H](O)CO)C(O)=C1O.O=S(O)O.Oc1ccccc1. The number of cyclic esters (lactones) is 1. The van der Waals surface area contributed by atoms with Crippen LogP contribution in [0.2, 0.25) is 0 Å². The number of para-hydroxylation sites is 1. The Kier molecular flexibility index (Phi) is 9.53. The maximum atomic E-state index is 10.5.